The van der Waals surface area contributed by atoms with E-state index in [1.165, 1.54) is 11.1 Å². The molecule has 3 rings (SSSR count). The molecule has 0 bridgehead atoms. The Hall–Kier alpha value is -2.74. The molecule has 0 N–H and O–H groups in total. The van der Waals surface area contributed by atoms with E-state index in [0.717, 1.165) is 11.4 Å². The summed E-state index contributed by atoms with van der Waals surface area (Å²) in [4.78, 5) is 8.50. The second kappa shape index (κ2) is 5.93. The molecule has 3 aromatic rings. The molecule has 96 valence electrons. The molecule has 0 aliphatic heterocycles. The number of aromatic nitrogens is 1. The van der Waals surface area contributed by atoms with Gasteiger partial charge in [-0.3, -0.25) is 0 Å². The van der Waals surface area contributed by atoms with Crippen LogP contribution in [-0.4, -0.2) is 11.2 Å². The van der Waals surface area contributed by atoms with E-state index in [4.69, 9.17) is 0 Å². The van der Waals surface area contributed by atoms with Crippen molar-refractivity contribution in [3.63, 3.8) is 0 Å². The van der Waals surface area contributed by atoms with Crippen LogP contribution in [0.4, 0.5) is 5.82 Å². The van der Waals surface area contributed by atoms with Crippen molar-refractivity contribution in [3.8, 4) is 11.1 Å². The maximum absolute atomic E-state index is 4.34. The Balaban J connectivity index is 1.79. The molecule has 0 aliphatic rings. The van der Waals surface area contributed by atoms with Gasteiger partial charge in [-0.1, -0.05) is 60.7 Å². The molecule has 0 fully saturated rings. The number of benzene rings is 2. The monoisotopic (exact) mass is 258 g/mol. The van der Waals surface area contributed by atoms with Crippen LogP contribution in [0.5, 0.6) is 0 Å². The fourth-order valence-electron chi connectivity index (χ4n) is 1.96. The quantitative estimate of drug-likeness (QED) is 0.635. The van der Waals surface area contributed by atoms with E-state index < -0.39 is 0 Å². The molecule has 2 aromatic carbocycles. The van der Waals surface area contributed by atoms with Crippen LogP contribution in [0.2, 0.25) is 0 Å². The van der Waals surface area contributed by atoms with Gasteiger partial charge in [0, 0.05) is 12.4 Å². The second-order valence-electron chi connectivity index (χ2n) is 4.43. The predicted octanol–water partition coefficient (Wildman–Crippen LogP) is 4.50. The van der Waals surface area contributed by atoms with Crippen molar-refractivity contribution in [2.75, 3.05) is 0 Å². The van der Waals surface area contributed by atoms with Gasteiger partial charge in [-0.25, -0.2) is 9.98 Å². The molecule has 0 spiro atoms. The highest BCUT2D eigenvalue weighted by Gasteiger charge is 1.96. The maximum Gasteiger partial charge on any atom is 0.151 e. The standard InChI is InChI=1S/C18H14N2/c1-2-6-16(7-3-1)17-11-9-15(10-12-17)14-20-18-8-4-5-13-19-18/h1-14H/b20-14+. The SMILES string of the molecule is C(=N\c1ccccn1)/c1ccc(-c2ccccc2)cc1. The lowest BCUT2D eigenvalue weighted by Gasteiger charge is -2.01. The van der Waals surface area contributed by atoms with Crippen LogP contribution in [-0.2, 0) is 0 Å². The van der Waals surface area contributed by atoms with Crippen LogP contribution < -0.4 is 0 Å². The Bertz CT molecular complexity index is 687. The van der Waals surface area contributed by atoms with E-state index >= 15 is 0 Å². The topological polar surface area (TPSA) is 25.2 Å². The highest BCUT2D eigenvalue weighted by molar-refractivity contribution is 5.82. The lowest BCUT2D eigenvalue weighted by atomic mass is 10.0. The first-order valence-corrected chi connectivity index (χ1v) is 6.52. The van der Waals surface area contributed by atoms with Gasteiger partial charge in [0.05, 0.1) is 0 Å². The van der Waals surface area contributed by atoms with Gasteiger partial charge < -0.3 is 0 Å². The third kappa shape index (κ3) is 2.98. The minimum atomic E-state index is 0.722. The molecule has 0 unspecified atom stereocenters. The first-order chi connectivity index (χ1) is 9.92. The molecule has 0 atom stereocenters. The van der Waals surface area contributed by atoms with E-state index in [9.17, 15) is 0 Å². The van der Waals surface area contributed by atoms with Gasteiger partial charge >= 0.3 is 0 Å². The summed E-state index contributed by atoms with van der Waals surface area (Å²) < 4.78 is 0. The number of rotatable bonds is 3. The Labute approximate surface area is 118 Å². The Morgan fingerprint density at radius 2 is 1.40 bits per heavy atom. The fraction of sp³-hybridized carbons (Fsp3) is 0. The molecule has 20 heavy (non-hydrogen) atoms. The number of hydrogen-bond acceptors (Lipinski definition) is 2. The van der Waals surface area contributed by atoms with Gasteiger partial charge in [-0.15, -0.1) is 0 Å². The fourth-order valence-corrected chi connectivity index (χ4v) is 1.96. The summed E-state index contributed by atoms with van der Waals surface area (Å²) in [6, 6.07) is 24.4. The first kappa shape index (κ1) is 12.3. The normalized spacial score (nSPS) is 10.8. The molecule has 0 saturated carbocycles. The van der Waals surface area contributed by atoms with Gasteiger partial charge in [-0.05, 0) is 28.8 Å². The summed E-state index contributed by atoms with van der Waals surface area (Å²) in [5, 5.41) is 0. The molecular formula is C18H14N2. The van der Waals surface area contributed by atoms with Gasteiger partial charge in [0.25, 0.3) is 0 Å². The highest BCUT2D eigenvalue weighted by Crippen LogP contribution is 2.18. The van der Waals surface area contributed by atoms with Gasteiger partial charge in [-0.2, -0.15) is 0 Å². The van der Waals surface area contributed by atoms with Crippen LogP contribution in [0.15, 0.2) is 84.0 Å². The predicted molar refractivity (Wildman–Crippen MR) is 83.4 cm³/mol. The molecule has 0 amide bonds. The summed E-state index contributed by atoms with van der Waals surface area (Å²) in [5.74, 6) is 0.722. The average molecular weight is 258 g/mol. The molecule has 0 aliphatic carbocycles. The van der Waals surface area contributed by atoms with Crippen molar-refractivity contribution in [1.82, 2.24) is 4.98 Å². The Morgan fingerprint density at radius 3 is 2.10 bits per heavy atom. The summed E-state index contributed by atoms with van der Waals surface area (Å²) in [5.41, 5.74) is 3.50. The minimum Gasteiger partial charge on any atom is -0.237 e. The largest absolute Gasteiger partial charge is 0.237 e. The van der Waals surface area contributed by atoms with E-state index in [-0.39, 0.29) is 0 Å². The summed E-state index contributed by atoms with van der Waals surface area (Å²) in [6.07, 6.45) is 3.57. The molecule has 1 heterocycles. The van der Waals surface area contributed by atoms with Crippen molar-refractivity contribution >= 4 is 12.0 Å². The van der Waals surface area contributed by atoms with Crippen molar-refractivity contribution in [2.24, 2.45) is 4.99 Å². The van der Waals surface area contributed by atoms with Crippen LogP contribution in [0.25, 0.3) is 11.1 Å². The zero-order valence-corrected chi connectivity index (χ0v) is 11.0. The second-order valence-corrected chi connectivity index (χ2v) is 4.43. The lowest BCUT2D eigenvalue weighted by Crippen LogP contribution is -1.82. The smallest absolute Gasteiger partial charge is 0.151 e. The van der Waals surface area contributed by atoms with E-state index in [0.29, 0.717) is 0 Å². The number of hydrogen-bond donors (Lipinski definition) is 0. The third-order valence-electron chi connectivity index (χ3n) is 3.01. The zero-order valence-electron chi connectivity index (χ0n) is 11.0. The first-order valence-electron chi connectivity index (χ1n) is 6.52. The number of pyridine rings is 1. The van der Waals surface area contributed by atoms with Crippen LogP contribution >= 0.6 is 0 Å². The van der Waals surface area contributed by atoms with Crippen molar-refractivity contribution in [1.29, 1.82) is 0 Å². The average Bonchev–Trinajstić information content (AvgIpc) is 2.55. The molecular weight excluding hydrogens is 244 g/mol. The maximum atomic E-state index is 4.34. The number of nitrogens with zero attached hydrogens (tertiary/aromatic N) is 2. The molecule has 1 aromatic heterocycles. The molecule has 0 saturated heterocycles. The van der Waals surface area contributed by atoms with Crippen LogP contribution in [0, 0.1) is 0 Å². The molecule has 0 radical (unpaired) electrons. The van der Waals surface area contributed by atoms with Crippen LogP contribution in [0.1, 0.15) is 5.56 Å². The van der Waals surface area contributed by atoms with E-state index in [1.807, 2.05) is 42.6 Å². The lowest BCUT2D eigenvalue weighted by molar-refractivity contribution is 1.28. The van der Waals surface area contributed by atoms with Crippen molar-refractivity contribution < 1.29 is 0 Å². The third-order valence-corrected chi connectivity index (χ3v) is 3.01. The van der Waals surface area contributed by atoms with Crippen molar-refractivity contribution in [2.45, 2.75) is 0 Å². The summed E-state index contributed by atoms with van der Waals surface area (Å²) in [7, 11) is 0. The molecule has 2 nitrogen and oxygen atoms in total. The van der Waals surface area contributed by atoms with E-state index in [2.05, 4.69) is 46.4 Å². The number of aliphatic imine (C=N–C) groups is 1. The van der Waals surface area contributed by atoms with Crippen LogP contribution in [0.3, 0.4) is 0 Å². The van der Waals surface area contributed by atoms with Gasteiger partial charge in [0.2, 0.25) is 0 Å². The van der Waals surface area contributed by atoms with Crippen molar-refractivity contribution in [3.05, 3.63) is 84.6 Å². The Kier molecular flexibility index (Phi) is 3.65. The van der Waals surface area contributed by atoms with Gasteiger partial charge in [0.15, 0.2) is 5.82 Å². The summed E-state index contributed by atoms with van der Waals surface area (Å²) in [6.45, 7) is 0. The Morgan fingerprint density at radius 1 is 0.700 bits per heavy atom. The minimum absolute atomic E-state index is 0.722. The van der Waals surface area contributed by atoms with E-state index in [1.54, 1.807) is 6.20 Å². The van der Waals surface area contributed by atoms with Gasteiger partial charge in [0.1, 0.15) is 0 Å². The summed E-state index contributed by atoms with van der Waals surface area (Å²) >= 11 is 0. The zero-order chi connectivity index (χ0) is 13.6. The highest BCUT2D eigenvalue weighted by atomic mass is 14.9. The molecule has 2 heteroatoms.